The summed E-state index contributed by atoms with van der Waals surface area (Å²) in [6, 6.07) is 8.04. The van der Waals surface area contributed by atoms with Gasteiger partial charge in [-0.15, -0.1) is 0 Å². The van der Waals surface area contributed by atoms with E-state index in [-0.39, 0.29) is 64.5 Å². The molecule has 6 amide bonds. The van der Waals surface area contributed by atoms with Gasteiger partial charge in [0, 0.05) is 82.3 Å². The Hall–Kier alpha value is -6.91. The number of ether oxygens (including phenoxy) is 1. The van der Waals surface area contributed by atoms with E-state index >= 15 is 0 Å². The van der Waals surface area contributed by atoms with Crippen LogP contribution in [0.2, 0.25) is 0 Å². The third kappa shape index (κ3) is 10.7. The van der Waals surface area contributed by atoms with E-state index in [0.29, 0.717) is 46.4 Å². The van der Waals surface area contributed by atoms with Gasteiger partial charge in [0.15, 0.2) is 13.6 Å². The van der Waals surface area contributed by atoms with Crippen LogP contribution in [0.25, 0.3) is 22.3 Å². The van der Waals surface area contributed by atoms with Gasteiger partial charge < -0.3 is 41.0 Å². The van der Waals surface area contributed by atoms with Crippen LogP contribution >= 0.6 is 0 Å². The molecule has 2 aliphatic rings. The largest absolute Gasteiger partial charge is 0.445 e. The van der Waals surface area contributed by atoms with Crippen LogP contribution in [-0.4, -0.2) is 167 Å². The lowest BCUT2D eigenvalue weighted by Gasteiger charge is -2.47. The zero-order chi connectivity index (χ0) is 47.1. The summed E-state index contributed by atoms with van der Waals surface area (Å²) in [7, 11) is 5.11. The molecule has 3 aromatic heterocycles. The predicted molar refractivity (Wildman–Crippen MR) is 234 cm³/mol. The molecular formula is C40H49BN14O9S. The number of nitrogens with one attached hydrogen (secondary N) is 3. The third-order valence-corrected chi connectivity index (χ3v) is 13.1. The zero-order valence-corrected chi connectivity index (χ0v) is 36.9. The van der Waals surface area contributed by atoms with E-state index in [1.165, 1.54) is 36.9 Å². The van der Waals surface area contributed by atoms with Crippen molar-refractivity contribution in [1.82, 2.24) is 53.9 Å². The molecule has 4 aromatic rings. The predicted octanol–water partition coefficient (Wildman–Crippen LogP) is -0.300. The molecule has 0 bridgehead atoms. The number of sulfonamides is 1. The fourth-order valence-corrected chi connectivity index (χ4v) is 8.78. The minimum Gasteiger partial charge on any atom is -0.445 e. The molecule has 0 aliphatic carbocycles. The second kappa shape index (κ2) is 20.3. The van der Waals surface area contributed by atoms with Gasteiger partial charge in [0.05, 0.1) is 42.7 Å². The van der Waals surface area contributed by atoms with Crippen molar-refractivity contribution in [1.29, 1.82) is 5.26 Å². The van der Waals surface area contributed by atoms with Crippen molar-refractivity contribution >= 4 is 70.5 Å². The van der Waals surface area contributed by atoms with E-state index in [1.807, 2.05) is 0 Å². The fourth-order valence-electron chi connectivity index (χ4n) is 7.54. The number of nitrogens with two attached hydrogens (primary N) is 1. The first-order chi connectivity index (χ1) is 31.0. The van der Waals surface area contributed by atoms with Crippen LogP contribution in [-0.2, 0) is 46.1 Å². The van der Waals surface area contributed by atoms with Crippen LogP contribution in [0, 0.1) is 11.3 Å². The number of amides is 6. The molecule has 25 heteroatoms. The number of hydrogen-bond donors (Lipinski definition) is 4. The number of benzene rings is 1. The molecule has 2 aliphatic heterocycles. The van der Waals surface area contributed by atoms with Crippen LogP contribution in [0.3, 0.4) is 0 Å². The Morgan fingerprint density at radius 1 is 1.08 bits per heavy atom. The summed E-state index contributed by atoms with van der Waals surface area (Å²) in [6.45, 7) is 1.95. The van der Waals surface area contributed by atoms with Crippen LogP contribution in [0.15, 0.2) is 55.2 Å². The van der Waals surface area contributed by atoms with Crippen molar-refractivity contribution in [3.63, 3.8) is 0 Å². The number of nitriles is 1. The lowest BCUT2D eigenvalue weighted by molar-refractivity contribution is -0.140. The summed E-state index contributed by atoms with van der Waals surface area (Å²) in [5, 5.41) is 22.0. The van der Waals surface area contributed by atoms with E-state index < -0.39 is 63.4 Å². The number of anilines is 1. The summed E-state index contributed by atoms with van der Waals surface area (Å²) < 4.78 is 34.6. The molecule has 2 unspecified atom stereocenters. The van der Waals surface area contributed by atoms with Gasteiger partial charge in [0.25, 0.3) is 0 Å². The number of likely N-dealkylation sites (tertiary alicyclic amines) is 1. The molecule has 6 rings (SSSR count). The maximum Gasteiger partial charge on any atom is 0.409 e. The first-order valence-corrected chi connectivity index (χ1v) is 22.2. The summed E-state index contributed by atoms with van der Waals surface area (Å²) in [5.74, 6) is -2.35. The Labute approximate surface area is 375 Å². The van der Waals surface area contributed by atoms with E-state index in [4.69, 9.17) is 18.5 Å². The minimum atomic E-state index is -3.42. The van der Waals surface area contributed by atoms with Gasteiger partial charge in [-0.3, -0.25) is 28.4 Å². The number of likely N-dealkylation sites (N-methyl/N-ethyl adjacent to an activating group) is 2. The molecule has 342 valence electrons. The van der Waals surface area contributed by atoms with Crippen molar-refractivity contribution in [2.75, 3.05) is 64.4 Å². The first-order valence-electron chi connectivity index (χ1n) is 20.6. The molecule has 65 heavy (non-hydrogen) atoms. The molecule has 2 radical (unpaired) electrons. The molecular weight excluding hydrogens is 863 g/mol. The van der Waals surface area contributed by atoms with Crippen molar-refractivity contribution in [3.05, 3.63) is 60.8 Å². The minimum absolute atomic E-state index is 0.0431. The Morgan fingerprint density at radius 2 is 1.80 bits per heavy atom. The lowest BCUT2D eigenvalue weighted by atomic mass is 9.89. The lowest BCUT2D eigenvalue weighted by Crippen LogP contribution is -2.64. The first kappa shape index (κ1) is 47.6. The van der Waals surface area contributed by atoms with E-state index in [9.17, 15) is 42.4 Å². The molecule has 5 N–H and O–H groups in total. The monoisotopic (exact) mass is 912 g/mol. The fraction of sp³-hybridized carbons (Fsp3) is 0.450. The Morgan fingerprint density at radius 3 is 2.48 bits per heavy atom. The second-order valence-corrected chi connectivity index (χ2v) is 18.0. The number of carbonyl (C=O) groups is 6. The normalized spacial score (nSPS) is 16.2. The molecule has 0 saturated carbocycles. The number of carbonyl (C=O) groups excluding carboxylic acids is 6. The van der Waals surface area contributed by atoms with E-state index in [2.05, 4.69) is 37.0 Å². The van der Waals surface area contributed by atoms with Gasteiger partial charge in [-0.05, 0) is 43.5 Å². The average molecular weight is 913 g/mol. The highest BCUT2D eigenvalue weighted by molar-refractivity contribution is 7.89. The van der Waals surface area contributed by atoms with E-state index in [1.54, 1.807) is 67.6 Å². The Bertz CT molecular complexity index is 2590. The van der Waals surface area contributed by atoms with Crippen molar-refractivity contribution < 1.29 is 41.9 Å². The average Bonchev–Trinajstić information content (AvgIpc) is 4.08. The highest BCUT2D eigenvalue weighted by Crippen LogP contribution is 2.36. The topological polar surface area (TPSA) is 293 Å². The number of hydrogen-bond acceptors (Lipinski definition) is 14. The number of rotatable bonds is 18. The summed E-state index contributed by atoms with van der Waals surface area (Å²) in [6.07, 6.45) is 6.20. The van der Waals surface area contributed by atoms with Gasteiger partial charge >= 0.3 is 12.1 Å². The van der Waals surface area contributed by atoms with Crippen LogP contribution in [0.4, 0.5) is 15.3 Å². The SMILES string of the molecule is [B]NC(CC(N)=O)C(=O)N1CCCC1C(=O)NCC(=O)Nc1ccc(COC(=O)N(C)CCN(C)C(=O)n2ccc3c(-c4cnn(C5(CC#N)CN(S(=O)(=O)CC)C5)c4)ncnc32)cc1. The van der Waals surface area contributed by atoms with Gasteiger partial charge in [-0.1, -0.05) is 12.1 Å². The maximum absolute atomic E-state index is 13.6. The smallest absolute Gasteiger partial charge is 0.409 e. The van der Waals surface area contributed by atoms with Gasteiger partial charge in [-0.2, -0.15) is 14.7 Å². The highest BCUT2D eigenvalue weighted by Gasteiger charge is 2.50. The van der Waals surface area contributed by atoms with Crippen molar-refractivity contribution in [3.8, 4) is 17.3 Å². The van der Waals surface area contributed by atoms with Gasteiger partial charge in [0.2, 0.25) is 33.7 Å². The molecule has 2 saturated heterocycles. The molecule has 23 nitrogen and oxygen atoms in total. The molecule has 5 heterocycles. The number of aromatic nitrogens is 5. The molecule has 2 fully saturated rings. The van der Waals surface area contributed by atoms with Crippen LogP contribution in [0.1, 0.15) is 38.2 Å². The van der Waals surface area contributed by atoms with Crippen molar-refractivity contribution in [2.45, 2.75) is 56.8 Å². The Kier molecular flexibility index (Phi) is 14.9. The third-order valence-electron chi connectivity index (χ3n) is 11.3. The zero-order valence-electron chi connectivity index (χ0n) is 36.0. The molecule has 1 aromatic carbocycles. The van der Waals surface area contributed by atoms with Gasteiger partial charge in [-0.25, -0.2) is 28.0 Å². The summed E-state index contributed by atoms with van der Waals surface area (Å²) in [5.41, 5.74) is 6.85. The highest BCUT2D eigenvalue weighted by atomic mass is 32.2. The summed E-state index contributed by atoms with van der Waals surface area (Å²) >= 11 is 0. The quantitative estimate of drug-likeness (QED) is 0.0933. The maximum atomic E-state index is 13.6. The second-order valence-electron chi connectivity index (χ2n) is 15.8. The molecule has 2 atom stereocenters. The number of nitrogens with zero attached hydrogens (tertiary/aromatic N) is 10. The number of fused-ring (bicyclic) bond motifs is 1. The van der Waals surface area contributed by atoms with Crippen LogP contribution < -0.4 is 21.6 Å². The molecule has 0 spiro atoms. The summed E-state index contributed by atoms with van der Waals surface area (Å²) in [4.78, 5) is 88.9. The van der Waals surface area contributed by atoms with E-state index in [0.717, 1.165) is 0 Å². The van der Waals surface area contributed by atoms with Crippen molar-refractivity contribution in [2.24, 2.45) is 5.73 Å². The standard InChI is InChI=1S/C40H49BN14O9S/c1-4-65(62,63)52-23-40(24-52,12-13-42)55-21-27(19-47-55)34-29-11-15-54(35(29)46-25-45-34)38(60)50(2)16-17-51(3)39(61)64-22-26-7-9-28(10-8-26)48-33(57)20-44-36(58)31-6-5-14-53(31)37(59)30(49-41)18-32(43)56/h7-11,15,19,21,25,30-31,49H,4-6,12,14,16-18,20,22-24H2,1-3H3,(H2,43,56)(H,44,58)(H,48,57). The van der Waals surface area contributed by atoms with Crippen LogP contribution in [0.5, 0.6) is 0 Å². The Balaban J connectivity index is 0.950. The number of primary amides is 1. The van der Waals surface area contributed by atoms with Gasteiger partial charge in [0.1, 0.15) is 24.5 Å².